The van der Waals surface area contributed by atoms with Gasteiger partial charge < -0.3 is 15.6 Å². The van der Waals surface area contributed by atoms with E-state index in [0.717, 1.165) is 6.07 Å². The lowest BCUT2D eigenvalue weighted by atomic mass is 10.1. The normalized spacial score (nSPS) is 12.5. The molecule has 0 aromatic heterocycles. The standard InChI is InChI=1S/C9H8F3NO2/c10-5-1-2-6(11)8(12)4(5)3-7(13)9(14)15/h1-2,7H,3,13H2,(H,14,15)/t7-/m0/s1. The molecule has 1 aromatic carbocycles. The molecule has 0 radical (unpaired) electrons. The highest BCUT2D eigenvalue weighted by molar-refractivity contribution is 5.69. The van der Waals surface area contributed by atoms with Crippen molar-refractivity contribution in [2.45, 2.75) is 12.5 Å². The van der Waals surface area contributed by atoms with Crippen LogP contribution < -0.4 is 10.8 Å². The Bertz CT molecular complexity index is 395. The third kappa shape index (κ3) is 2.47. The molecule has 82 valence electrons. The smallest absolute Gasteiger partial charge is 0.165 e. The molecule has 0 spiro atoms. The van der Waals surface area contributed by atoms with Gasteiger partial charge in [-0.25, -0.2) is 13.2 Å². The number of carboxylic acid groups (broad SMARTS) is 1. The molecule has 1 aromatic rings. The molecular formula is C9H8F3NO2. The highest BCUT2D eigenvalue weighted by atomic mass is 19.2. The summed E-state index contributed by atoms with van der Waals surface area (Å²) in [4.78, 5) is 10.3. The Morgan fingerprint density at radius 2 is 1.87 bits per heavy atom. The van der Waals surface area contributed by atoms with Gasteiger partial charge in [-0.1, -0.05) is 0 Å². The molecule has 1 rings (SSSR count). The zero-order valence-corrected chi connectivity index (χ0v) is 7.60. The van der Waals surface area contributed by atoms with Gasteiger partial charge in [-0.3, -0.25) is 0 Å². The Morgan fingerprint density at radius 3 is 2.40 bits per heavy atom. The van der Waals surface area contributed by atoms with Crippen molar-refractivity contribution in [3.8, 4) is 0 Å². The van der Waals surface area contributed by atoms with Crippen LogP contribution in [0.25, 0.3) is 0 Å². The SMILES string of the molecule is [NH3+][C@@H](Cc1c(F)ccc(F)c1F)C(=O)[O-]. The van der Waals surface area contributed by atoms with Gasteiger partial charge in [0.2, 0.25) is 0 Å². The molecule has 0 fully saturated rings. The van der Waals surface area contributed by atoms with Gasteiger partial charge in [0.05, 0.1) is 5.97 Å². The van der Waals surface area contributed by atoms with Crippen molar-refractivity contribution in [1.29, 1.82) is 0 Å². The third-order valence-corrected chi connectivity index (χ3v) is 1.92. The molecule has 3 N–H and O–H groups in total. The van der Waals surface area contributed by atoms with E-state index in [2.05, 4.69) is 5.73 Å². The lowest BCUT2D eigenvalue weighted by molar-refractivity contribution is -0.437. The van der Waals surface area contributed by atoms with Crippen LogP contribution in [0.2, 0.25) is 0 Å². The fourth-order valence-corrected chi connectivity index (χ4v) is 1.09. The van der Waals surface area contributed by atoms with Gasteiger partial charge in [0, 0.05) is 12.0 Å². The van der Waals surface area contributed by atoms with Gasteiger partial charge >= 0.3 is 0 Å². The minimum atomic E-state index is -1.54. The molecule has 6 heteroatoms. The molecule has 0 amide bonds. The van der Waals surface area contributed by atoms with E-state index < -0.39 is 41.4 Å². The van der Waals surface area contributed by atoms with Gasteiger partial charge in [0.25, 0.3) is 0 Å². The van der Waals surface area contributed by atoms with Crippen molar-refractivity contribution in [2.24, 2.45) is 0 Å². The number of hydrogen-bond donors (Lipinski definition) is 1. The summed E-state index contributed by atoms with van der Waals surface area (Å²) in [5.74, 6) is -5.15. The molecule has 0 aliphatic heterocycles. The van der Waals surface area contributed by atoms with Crippen molar-refractivity contribution in [3.63, 3.8) is 0 Å². The molecule has 1 atom stereocenters. The van der Waals surface area contributed by atoms with E-state index in [1.807, 2.05) is 0 Å². The highest BCUT2D eigenvalue weighted by Gasteiger charge is 2.18. The second-order valence-electron chi connectivity index (χ2n) is 3.04. The second kappa shape index (κ2) is 4.31. The quantitative estimate of drug-likeness (QED) is 0.663. The lowest BCUT2D eigenvalue weighted by Crippen LogP contribution is -2.69. The van der Waals surface area contributed by atoms with E-state index in [-0.39, 0.29) is 0 Å². The van der Waals surface area contributed by atoms with E-state index in [0.29, 0.717) is 6.07 Å². The van der Waals surface area contributed by atoms with E-state index in [4.69, 9.17) is 0 Å². The number of carbonyl (C=O) groups is 1. The summed E-state index contributed by atoms with van der Waals surface area (Å²) in [6, 6.07) is 0.0388. The van der Waals surface area contributed by atoms with Crippen LogP contribution in [0.5, 0.6) is 0 Å². The Kier molecular flexibility index (Phi) is 3.31. The maximum atomic E-state index is 13.0. The van der Waals surface area contributed by atoms with E-state index in [9.17, 15) is 23.1 Å². The third-order valence-electron chi connectivity index (χ3n) is 1.92. The summed E-state index contributed by atoms with van der Waals surface area (Å²) in [6.07, 6.45) is -0.544. The number of benzene rings is 1. The largest absolute Gasteiger partial charge is 0.544 e. The molecule has 15 heavy (non-hydrogen) atoms. The van der Waals surface area contributed by atoms with Gasteiger partial charge in [-0.15, -0.1) is 0 Å². The van der Waals surface area contributed by atoms with Gasteiger partial charge in [0.1, 0.15) is 11.9 Å². The minimum Gasteiger partial charge on any atom is -0.544 e. The average Bonchev–Trinajstić information content (AvgIpc) is 2.18. The Hall–Kier alpha value is -1.56. The number of aliphatic carboxylic acids is 1. The summed E-state index contributed by atoms with van der Waals surface area (Å²) >= 11 is 0. The Balaban J connectivity index is 3.03. The number of carbonyl (C=O) groups excluding carboxylic acids is 1. The van der Waals surface area contributed by atoms with E-state index in [1.165, 1.54) is 0 Å². The molecule has 0 aliphatic rings. The first kappa shape index (κ1) is 11.5. The molecule has 3 nitrogen and oxygen atoms in total. The first-order valence-electron chi connectivity index (χ1n) is 4.09. The van der Waals surface area contributed by atoms with Crippen molar-refractivity contribution >= 4 is 5.97 Å². The van der Waals surface area contributed by atoms with Crippen LogP contribution in [0.4, 0.5) is 13.2 Å². The van der Waals surface area contributed by atoms with E-state index in [1.54, 1.807) is 0 Å². The maximum absolute atomic E-state index is 13.0. The molecule has 0 aliphatic carbocycles. The number of rotatable bonds is 3. The maximum Gasteiger partial charge on any atom is 0.165 e. The van der Waals surface area contributed by atoms with Crippen LogP contribution in [0, 0.1) is 17.5 Å². The molecular weight excluding hydrogens is 211 g/mol. The average molecular weight is 219 g/mol. The van der Waals surface area contributed by atoms with Crippen LogP contribution >= 0.6 is 0 Å². The van der Waals surface area contributed by atoms with Gasteiger partial charge in [-0.05, 0) is 12.1 Å². The number of halogens is 3. The summed E-state index contributed by atoms with van der Waals surface area (Å²) in [6.45, 7) is 0. The zero-order valence-electron chi connectivity index (χ0n) is 7.60. The summed E-state index contributed by atoms with van der Waals surface area (Å²) < 4.78 is 38.7. The minimum absolute atomic E-state index is 0.544. The van der Waals surface area contributed by atoms with E-state index >= 15 is 0 Å². The molecule has 0 bridgehead atoms. The summed E-state index contributed by atoms with van der Waals surface area (Å²) in [7, 11) is 0. The monoisotopic (exact) mass is 219 g/mol. The molecule has 0 heterocycles. The molecule has 0 saturated heterocycles. The number of carboxylic acids is 1. The Labute approximate surface area is 83.3 Å². The first-order valence-corrected chi connectivity index (χ1v) is 4.09. The van der Waals surface area contributed by atoms with Crippen LogP contribution in [-0.4, -0.2) is 12.0 Å². The highest BCUT2D eigenvalue weighted by Crippen LogP contribution is 2.16. The van der Waals surface area contributed by atoms with Gasteiger partial charge in [0.15, 0.2) is 11.6 Å². The predicted octanol–water partition coefficient (Wildman–Crippen LogP) is -0.993. The van der Waals surface area contributed by atoms with Gasteiger partial charge in [-0.2, -0.15) is 0 Å². The fourth-order valence-electron chi connectivity index (χ4n) is 1.09. The number of hydrogen-bond acceptors (Lipinski definition) is 2. The van der Waals surface area contributed by atoms with Crippen molar-refractivity contribution in [1.82, 2.24) is 0 Å². The summed E-state index contributed by atoms with van der Waals surface area (Å²) in [5.41, 5.74) is 2.50. The molecule has 0 unspecified atom stereocenters. The van der Waals surface area contributed by atoms with Crippen molar-refractivity contribution < 1.29 is 28.8 Å². The number of quaternary nitrogens is 1. The van der Waals surface area contributed by atoms with Crippen molar-refractivity contribution in [2.75, 3.05) is 0 Å². The van der Waals surface area contributed by atoms with Crippen molar-refractivity contribution in [3.05, 3.63) is 35.1 Å². The van der Waals surface area contributed by atoms with Crippen LogP contribution in [0.3, 0.4) is 0 Å². The Morgan fingerprint density at radius 1 is 1.33 bits per heavy atom. The summed E-state index contributed by atoms with van der Waals surface area (Å²) in [5, 5.41) is 10.3. The fraction of sp³-hybridized carbons (Fsp3) is 0.222. The predicted molar refractivity (Wildman–Crippen MR) is 41.7 cm³/mol. The second-order valence-corrected chi connectivity index (χ2v) is 3.04. The topological polar surface area (TPSA) is 67.8 Å². The molecule has 0 saturated carbocycles. The van der Waals surface area contributed by atoms with Crippen LogP contribution in [0.1, 0.15) is 5.56 Å². The zero-order chi connectivity index (χ0) is 11.6. The van der Waals surface area contributed by atoms with Crippen LogP contribution in [-0.2, 0) is 11.2 Å². The van der Waals surface area contributed by atoms with Crippen LogP contribution in [0.15, 0.2) is 12.1 Å². The first-order chi connectivity index (χ1) is 6.93. The lowest BCUT2D eigenvalue weighted by Gasteiger charge is -2.10.